The minimum absolute atomic E-state index is 0.185. The first-order valence-corrected chi connectivity index (χ1v) is 7.89. The van der Waals surface area contributed by atoms with Gasteiger partial charge in [-0.25, -0.2) is 4.79 Å². The van der Waals surface area contributed by atoms with E-state index in [9.17, 15) is 4.79 Å². The lowest BCUT2D eigenvalue weighted by atomic mass is 10.1. The van der Waals surface area contributed by atoms with Gasteiger partial charge in [-0.2, -0.15) is 0 Å². The van der Waals surface area contributed by atoms with Crippen LogP contribution in [0.2, 0.25) is 0 Å². The van der Waals surface area contributed by atoms with Gasteiger partial charge in [0.1, 0.15) is 25.2 Å². The minimum Gasteiger partial charge on any atom is -0.454 e. The largest absolute Gasteiger partial charge is 0.454 e. The normalized spacial score (nSPS) is 13.1. The Balaban J connectivity index is 1.93. The highest BCUT2D eigenvalue weighted by atomic mass is 16.7. The summed E-state index contributed by atoms with van der Waals surface area (Å²) in [6.45, 7) is 3.80. The topological polar surface area (TPSA) is 71.6 Å². The summed E-state index contributed by atoms with van der Waals surface area (Å²) in [6.07, 6.45) is 0. The second-order valence-corrected chi connectivity index (χ2v) is 5.70. The molecule has 7 nitrogen and oxygen atoms in total. The molecule has 0 fully saturated rings. The van der Waals surface area contributed by atoms with Crippen LogP contribution in [-0.2, 0) is 16.0 Å². The van der Waals surface area contributed by atoms with Crippen molar-refractivity contribution in [3.8, 4) is 11.5 Å². The lowest BCUT2D eigenvalue weighted by Crippen LogP contribution is -3.11. The second-order valence-electron chi connectivity index (χ2n) is 5.70. The first kappa shape index (κ1) is 16.8. The Kier molecular flexibility index (Phi) is 5.34. The van der Waals surface area contributed by atoms with E-state index in [1.807, 2.05) is 6.07 Å². The van der Waals surface area contributed by atoms with Gasteiger partial charge in [-0.15, -0.1) is 0 Å². The second kappa shape index (κ2) is 7.65. The van der Waals surface area contributed by atoms with E-state index < -0.39 is 0 Å². The zero-order chi connectivity index (χ0) is 16.9. The Hall–Kier alpha value is -2.09. The van der Waals surface area contributed by atoms with Crippen molar-refractivity contribution in [2.24, 2.45) is 0 Å². The molecular formula is C17H22NO6+. The van der Waals surface area contributed by atoms with Gasteiger partial charge in [0, 0.05) is 37.3 Å². The van der Waals surface area contributed by atoms with Crippen molar-refractivity contribution in [3.05, 3.63) is 34.2 Å². The number of nitrogens with one attached hydrogen (secondary N) is 1. The quantitative estimate of drug-likeness (QED) is 0.695. The summed E-state index contributed by atoms with van der Waals surface area (Å²) >= 11 is 0. The van der Waals surface area contributed by atoms with E-state index in [4.69, 9.17) is 23.4 Å². The molecule has 1 aromatic heterocycles. The number of ether oxygens (including phenoxy) is 4. The number of methoxy groups -OCH3 is 2. The summed E-state index contributed by atoms with van der Waals surface area (Å²) in [5.74, 6) is 1.28. The standard InChI is InChI=1S/C17H21NO6/c1-20-5-3-18(4-6-21-2)10-12-7-17(19)24-14-9-16-15(8-13(12)14)22-11-23-16/h7-9H,3-6,10-11H2,1-2H3/p+1. The smallest absolute Gasteiger partial charge is 0.336 e. The van der Waals surface area contributed by atoms with Crippen molar-refractivity contribution in [1.29, 1.82) is 0 Å². The molecule has 0 aliphatic carbocycles. The SMILES string of the molecule is COCC[NH+](CCOC)Cc1cc(=O)oc2cc3c(cc12)OCO3. The Morgan fingerprint density at radius 1 is 1.04 bits per heavy atom. The molecule has 1 N–H and O–H groups in total. The third-order valence-corrected chi connectivity index (χ3v) is 4.08. The van der Waals surface area contributed by atoms with E-state index in [1.165, 1.54) is 4.90 Å². The van der Waals surface area contributed by atoms with Gasteiger partial charge in [-0.05, 0) is 6.07 Å². The van der Waals surface area contributed by atoms with Crippen molar-refractivity contribution < 1.29 is 28.3 Å². The number of rotatable bonds is 8. The van der Waals surface area contributed by atoms with Gasteiger partial charge in [-0.3, -0.25) is 0 Å². The fourth-order valence-corrected chi connectivity index (χ4v) is 2.83. The van der Waals surface area contributed by atoms with Gasteiger partial charge in [0.2, 0.25) is 6.79 Å². The molecule has 1 aliphatic rings. The lowest BCUT2D eigenvalue weighted by Gasteiger charge is -2.19. The Bertz CT molecular complexity index is 749. The van der Waals surface area contributed by atoms with E-state index in [0.717, 1.165) is 24.0 Å². The highest BCUT2D eigenvalue weighted by Gasteiger charge is 2.19. The van der Waals surface area contributed by atoms with E-state index in [2.05, 4.69) is 0 Å². The average molecular weight is 336 g/mol. The van der Waals surface area contributed by atoms with E-state index in [1.54, 1.807) is 26.4 Å². The first-order valence-electron chi connectivity index (χ1n) is 7.89. The van der Waals surface area contributed by atoms with Crippen LogP contribution in [-0.4, -0.2) is 47.3 Å². The van der Waals surface area contributed by atoms with Crippen LogP contribution in [0.3, 0.4) is 0 Å². The molecule has 0 unspecified atom stereocenters. The number of quaternary nitrogens is 1. The number of benzene rings is 1. The van der Waals surface area contributed by atoms with E-state index in [-0.39, 0.29) is 12.4 Å². The summed E-state index contributed by atoms with van der Waals surface area (Å²) < 4.78 is 26.5. The minimum atomic E-state index is -0.366. The average Bonchev–Trinajstić information content (AvgIpc) is 3.02. The highest BCUT2D eigenvalue weighted by molar-refractivity contribution is 5.84. The Morgan fingerprint density at radius 3 is 2.38 bits per heavy atom. The molecule has 0 bridgehead atoms. The molecule has 24 heavy (non-hydrogen) atoms. The van der Waals surface area contributed by atoms with Gasteiger partial charge in [-0.1, -0.05) is 0 Å². The van der Waals surface area contributed by atoms with Crippen LogP contribution in [0.25, 0.3) is 11.0 Å². The van der Waals surface area contributed by atoms with Crippen molar-refractivity contribution in [2.75, 3.05) is 47.3 Å². The molecule has 0 saturated carbocycles. The molecule has 130 valence electrons. The van der Waals surface area contributed by atoms with Gasteiger partial charge in [0.25, 0.3) is 0 Å². The zero-order valence-corrected chi connectivity index (χ0v) is 13.9. The first-order chi connectivity index (χ1) is 11.7. The predicted octanol–water partition coefficient (Wildman–Crippen LogP) is 0.199. The summed E-state index contributed by atoms with van der Waals surface area (Å²) in [5, 5.41) is 0.867. The summed E-state index contributed by atoms with van der Waals surface area (Å²) in [7, 11) is 3.36. The molecule has 2 heterocycles. The molecule has 1 aromatic carbocycles. The number of hydrogen-bond donors (Lipinski definition) is 1. The Labute approximate surface area is 139 Å². The molecule has 0 radical (unpaired) electrons. The van der Waals surface area contributed by atoms with Gasteiger partial charge < -0.3 is 28.3 Å². The van der Waals surface area contributed by atoms with Crippen LogP contribution in [0.1, 0.15) is 5.56 Å². The summed E-state index contributed by atoms with van der Waals surface area (Å²) in [6, 6.07) is 5.14. The molecule has 3 rings (SSSR count). The molecule has 0 saturated heterocycles. The van der Waals surface area contributed by atoms with Crippen molar-refractivity contribution >= 4 is 11.0 Å². The molecule has 2 aromatic rings. The predicted molar refractivity (Wildman–Crippen MR) is 86.8 cm³/mol. The number of fused-ring (bicyclic) bond motifs is 2. The Morgan fingerprint density at radius 2 is 1.71 bits per heavy atom. The maximum Gasteiger partial charge on any atom is 0.336 e. The fourth-order valence-electron chi connectivity index (χ4n) is 2.83. The van der Waals surface area contributed by atoms with Crippen LogP contribution in [0.15, 0.2) is 27.4 Å². The van der Waals surface area contributed by atoms with E-state index >= 15 is 0 Å². The molecule has 1 aliphatic heterocycles. The van der Waals surface area contributed by atoms with Crippen LogP contribution >= 0.6 is 0 Å². The molecule has 0 atom stereocenters. The fraction of sp³-hybridized carbons (Fsp3) is 0.471. The van der Waals surface area contributed by atoms with Gasteiger partial charge in [0.15, 0.2) is 11.5 Å². The van der Waals surface area contributed by atoms with Crippen LogP contribution in [0, 0.1) is 0 Å². The van der Waals surface area contributed by atoms with E-state index in [0.29, 0.717) is 36.8 Å². The van der Waals surface area contributed by atoms with Crippen molar-refractivity contribution in [3.63, 3.8) is 0 Å². The number of hydrogen-bond acceptors (Lipinski definition) is 6. The molecular weight excluding hydrogens is 314 g/mol. The summed E-state index contributed by atoms with van der Waals surface area (Å²) in [4.78, 5) is 13.2. The monoisotopic (exact) mass is 336 g/mol. The van der Waals surface area contributed by atoms with Gasteiger partial charge in [0.05, 0.1) is 13.2 Å². The van der Waals surface area contributed by atoms with Gasteiger partial charge >= 0.3 is 5.63 Å². The molecule has 0 spiro atoms. The molecule has 7 heteroatoms. The van der Waals surface area contributed by atoms with Crippen LogP contribution < -0.4 is 20.0 Å². The third kappa shape index (κ3) is 3.69. The molecule has 0 amide bonds. The van der Waals surface area contributed by atoms with Crippen LogP contribution in [0.5, 0.6) is 11.5 Å². The zero-order valence-electron chi connectivity index (χ0n) is 13.9. The third-order valence-electron chi connectivity index (χ3n) is 4.08. The van der Waals surface area contributed by atoms with Crippen LogP contribution in [0.4, 0.5) is 0 Å². The van der Waals surface area contributed by atoms with Crippen molar-refractivity contribution in [1.82, 2.24) is 0 Å². The highest BCUT2D eigenvalue weighted by Crippen LogP contribution is 2.36. The maximum absolute atomic E-state index is 11.9. The lowest BCUT2D eigenvalue weighted by molar-refractivity contribution is -0.914. The maximum atomic E-state index is 11.9. The summed E-state index contributed by atoms with van der Waals surface area (Å²) in [5.41, 5.74) is 1.07. The van der Waals surface area contributed by atoms with Crippen molar-refractivity contribution in [2.45, 2.75) is 6.54 Å².